The molecule has 1 aliphatic heterocycles. The summed E-state index contributed by atoms with van der Waals surface area (Å²) >= 11 is 0. The predicted octanol–water partition coefficient (Wildman–Crippen LogP) is 5.23. The van der Waals surface area contributed by atoms with Crippen molar-refractivity contribution in [3.8, 4) is 5.75 Å². The van der Waals surface area contributed by atoms with Gasteiger partial charge in [0.25, 0.3) is 5.91 Å². The number of carbonyl (C=O) groups is 1. The van der Waals surface area contributed by atoms with Crippen molar-refractivity contribution in [2.75, 3.05) is 10.6 Å². The van der Waals surface area contributed by atoms with Crippen LogP contribution < -0.4 is 10.6 Å². The summed E-state index contributed by atoms with van der Waals surface area (Å²) < 4.78 is 1.98. The van der Waals surface area contributed by atoms with E-state index in [4.69, 9.17) is 4.98 Å². The van der Waals surface area contributed by atoms with Gasteiger partial charge < -0.3 is 15.7 Å². The van der Waals surface area contributed by atoms with E-state index in [0.717, 1.165) is 23.1 Å². The number of nitrogens with zero attached hydrogens (tertiary/aromatic N) is 2. The number of rotatable bonds is 4. The van der Waals surface area contributed by atoms with Crippen LogP contribution in [0.5, 0.6) is 5.75 Å². The number of para-hydroxylation sites is 3. The van der Waals surface area contributed by atoms with Crippen molar-refractivity contribution < 1.29 is 9.90 Å². The van der Waals surface area contributed by atoms with Crippen LogP contribution in [0.4, 0.5) is 11.6 Å². The van der Waals surface area contributed by atoms with Crippen molar-refractivity contribution in [3.05, 3.63) is 95.2 Å². The van der Waals surface area contributed by atoms with E-state index in [0.29, 0.717) is 22.8 Å². The van der Waals surface area contributed by atoms with E-state index in [2.05, 4.69) is 17.6 Å². The number of benzene rings is 3. The second-order valence-electron chi connectivity index (χ2n) is 7.92. The van der Waals surface area contributed by atoms with Crippen LogP contribution in [0.2, 0.25) is 0 Å². The van der Waals surface area contributed by atoms with Crippen LogP contribution in [0.3, 0.4) is 0 Å². The molecule has 6 heteroatoms. The van der Waals surface area contributed by atoms with Gasteiger partial charge in [0.15, 0.2) is 0 Å². The van der Waals surface area contributed by atoms with Crippen molar-refractivity contribution in [2.45, 2.75) is 26.3 Å². The number of hydrogen-bond acceptors (Lipinski definition) is 4. The summed E-state index contributed by atoms with van der Waals surface area (Å²) in [7, 11) is 0. The number of nitrogens with one attached hydrogen (secondary N) is 2. The Kier molecular flexibility index (Phi) is 4.90. The van der Waals surface area contributed by atoms with Crippen LogP contribution in [-0.2, 0) is 11.2 Å². The van der Waals surface area contributed by atoms with Crippen molar-refractivity contribution >= 4 is 28.6 Å². The van der Waals surface area contributed by atoms with Crippen LogP contribution in [0, 0.1) is 0 Å². The Morgan fingerprint density at radius 1 is 1.06 bits per heavy atom. The van der Waals surface area contributed by atoms with E-state index in [-0.39, 0.29) is 11.7 Å². The third-order valence-electron chi connectivity index (χ3n) is 5.93. The van der Waals surface area contributed by atoms with Gasteiger partial charge in [0.05, 0.1) is 22.6 Å². The third kappa shape index (κ3) is 3.30. The molecule has 2 heterocycles. The monoisotopic (exact) mass is 424 g/mol. The lowest BCUT2D eigenvalue weighted by molar-refractivity contribution is -0.113. The molecule has 1 aromatic heterocycles. The molecule has 4 aromatic rings. The SMILES string of the molecule is CCc1ccc(NC(=O)C2=C(C)Nc3nc4ccccc4n3C2c2ccccc2O)cc1. The number of phenols is 1. The fourth-order valence-corrected chi connectivity index (χ4v) is 4.29. The number of hydrogen-bond donors (Lipinski definition) is 3. The number of aromatic hydroxyl groups is 1. The average Bonchev–Trinajstić information content (AvgIpc) is 3.17. The molecule has 0 spiro atoms. The summed E-state index contributed by atoms with van der Waals surface area (Å²) in [6.45, 7) is 3.96. The zero-order valence-electron chi connectivity index (χ0n) is 18.0. The first-order valence-electron chi connectivity index (χ1n) is 10.7. The molecule has 0 bridgehead atoms. The molecule has 1 amide bonds. The first-order valence-corrected chi connectivity index (χ1v) is 10.7. The van der Waals surface area contributed by atoms with Crippen LogP contribution in [0.15, 0.2) is 84.1 Å². The molecule has 3 aromatic carbocycles. The van der Waals surface area contributed by atoms with E-state index in [1.165, 1.54) is 5.56 Å². The zero-order chi connectivity index (χ0) is 22.2. The molecule has 160 valence electrons. The van der Waals surface area contributed by atoms with Crippen LogP contribution in [-0.4, -0.2) is 20.6 Å². The summed E-state index contributed by atoms with van der Waals surface area (Å²) in [6, 6.07) is 22.2. The standard InChI is InChI=1S/C26H24N4O2/c1-3-17-12-14-18(15-13-17)28-25(32)23-16(2)27-26-29-20-9-5-6-10-21(20)30(26)24(23)19-8-4-7-11-22(19)31/h4-15,24,31H,3H2,1-2H3,(H,27,29)(H,28,32). The number of phenolic OH excluding ortho intramolecular Hbond substituents is 1. The van der Waals surface area contributed by atoms with E-state index < -0.39 is 6.04 Å². The molecular formula is C26H24N4O2. The number of fused-ring (bicyclic) bond motifs is 3. The number of aryl methyl sites for hydroxylation is 1. The Morgan fingerprint density at radius 2 is 1.78 bits per heavy atom. The highest BCUT2D eigenvalue weighted by Gasteiger charge is 2.35. The summed E-state index contributed by atoms with van der Waals surface area (Å²) in [6.07, 6.45) is 0.939. The van der Waals surface area contributed by atoms with Crippen molar-refractivity contribution in [2.24, 2.45) is 0 Å². The molecule has 1 unspecified atom stereocenters. The number of anilines is 2. The second-order valence-corrected chi connectivity index (χ2v) is 7.92. The van der Waals surface area contributed by atoms with E-state index in [9.17, 15) is 9.90 Å². The molecule has 32 heavy (non-hydrogen) atoms. The predicted molar refractivity (Wildman–Crippen MR) is 127 cm³/mol. The van der Waals surface area contributed by atoms with Gasteiger partial charge in [-0.2, -0.15) is 0 Å². The normalized spacial score (nSPS) is 15.4. The van der Waals surface area contributed by atoms with Gasteiger partial charge >= 0.3 is 0 Å². The number of aromatic nitrogens is 2. The first kappa shape index (κ1) is 19.9. The Labute approximate surface area is 186 Å². The molecule has 0 saturated heterocycles. The fraction of sp³-hybridized carbons (Fsp3) is 0.154. The number of allylic oxidation sites excluding steroid dienone is 1. The highest BCUT2D eigenvalue weighted by molar-refractivity contribution is 6.06. The van der Waals surface area contributed by atoms with Gasteiger partial charge in [-0.1, -0.05) is 49.4 Å². The lowest BCUT2D eigenvalue weighted by Crippen LogP contribution is -2.31. The lowest BCUT2D eigenvalue weighted by Gasteiger charge is -2.31. The van der Waals surface area contributed by atoms with Crippen LogP contribution >= 0.6 is 0 Å². The number of amides is 1. The zero-order valence-corrected chi connectivity index (χ0v) is 18.0. The summed E-state index contributed by atoms with van der Waals surface area (Å²) in [5, 5.41) is 17.0. The molecule has 0 radical (unpaired) electrons. The van der Waals surface area contributed by atoms with Crippen LogP contribution in [0.25, 0.3) is 11.0 Å². The maximum absolute atomic E-state index is 13.6. The van der Waals surface area contributed by atoms with Gasteiger partial charge in [-0.15, -0.1) is 0 Å². The smallest absolute Gasteiger partial charge is 0.255 e. The Morgan fingerprint density at radius 3 is 2.53 bits per heavy atom. The Bertz CT molecular complexity index is 1350. The van der Waals surface area contributed by atoms with Gasteiger partial charge in [-0.05, 0) is 49.2 Å². The Hall–Kier alpha value is -4.06. The molecule has 5 rings (SSSR count). The molecule has 1 aliphatic rings. The quantitative estimate of drug-likeness (QED) is 0.419. The highest BCUT2D eigenvalue weighted by Crippen LogP contribution is 2.42. The van der Waals surface area contributed by atoms with Gasteiger partial charge in [0.1, 0.15) is 5.75 Å². The largest absolute Gasteiger partial charge is 0.508 e. The minimum Gasteiger partial charge on any atom is -0.508 e. The van der Waals surface area contributed by atoms with Gasteiger partial charge in [0, 0.05) is 16.9 Å². The van der Waals surface area contributed by atoms with Gasteiger partial charge in [-0.3, -0.25) is 9.36 Å². The van der Waals surface area contributed by atoms with Gasteiger partial charge in [0.2, 0.25) is 5.95 Å². The second kappa shape index (κ2) is 7.89. The minimum absolute atomic E-state index is 0.133. The molecule has 3 N–H and O–H groups in total. The first-order chi connectivity index (χ1) is 15.6. The number of carbonyl (C=O) groups excluding carboxylic acids is 1. The highest BCUT2D eigenvalue weighted by atomic mass is 16.3. The molecule has 1 atom stereocenters. The average molecular weight is 425 g/mol. The molecule has 6 nitrogen and oxygen atoms in total. The van der Waals surface area contributed by atoms with Crippen molar-refractivity contribution in [3.63, 3.8) is 0 Å². The van der Waals surface area contributed by atoms with Crippen molar-refractivity contribution in [1.29, 1.82) is 0 Å². The van der Waals surface area contributed by atoms with E-state index in [1.54, 1.807) is 12.1 Å². The van der Waals surface area contributed by atoms with Crippen LogP contribution in [0.1, 0.15) is 31.0 Å². The lowest BCUT2D eigenvalue weighted by atomic mass is 9.93. The summed E-state index contributed by atoms with van der Waals surface area (Å²) in [5.74, 6) is 0.547. The Balaban J connectivity index is 1.64. The molecule has 0 saturated carbocycles. The molecule has 0 aliphatic carbocycles. The topological polar surface area (TPSA) is 79.2 Å². The van der Waals surface area contributed by atoms with E-state index in [1.807, 2.05) is 72.2 Å². The van der Waals surface area contributed by atoms with E-state index >= 15 is 0 Å². The third-order valence-corrected chi connectivity index (χ3v) is 5.93. The minimum atomic E-state index is -0.533. The molecule has 0 fully saturated rings. The fourth-order valence-electron chi connectivity index (χ4n) is 4.29. The number of imidazole rings is 1. The molecular weight excluding hydrogens is 400 g/mol. The summed E-state index contributed by atoms with van der Waals surface area (Å²) in [4.78, 5) is 18.3. The van der Waals surface area contributed by atoms with Gasteiger partial charge in [-0.25, -0.2) is 4.98 Å². The summed E-state index contributed by atoms with van der Waals surface area (Å²) in [5.41, 5.74) is 5.51. The maximum Gasteiger partial charge on any atom is 0.255 e. The van der Waals surface area contributed by atoms with Crippen molar-refractivity contribution in [1.82, 2.24) is 9.55 Å². The maximum atomic E-state index is 13.6.